The summed E-state index contributed by atoms with van der Waals surface area (Å²) in [4.78, 5) is 0.750. The maximum absolute atomic E-state index is 12.6. The number of nitrogens with zero attached hydrogens (tertiary/aromatic N) is 1. The summed E-state index contributed by atoms with van der Waals surface area (Å²) in [6, 6.07) is 6.85. The number of hydrogen-bond acceptors (Lipinski definition) is 4. The van der Waals surface area contributed by atoms with Gasteiger partial charge in [0, 0.05) is 30.5 Å². The molecule has 1 atom stereocenters. The Bertz CT molecular complexity index is 599. The quantitative estimate of drug-likeness (QED) is 0.828. The zero-order chi connectivity index (χ0) is 15.5. The molecule has 2 rings (SSSR count). The molecule has 1 saturated heterocycles. The summed E-state index contributed by atoms with van der Waals surface area (Å²) in [6.07, 6.45) is 1.48. The Morgan fingerprint density at radius 1 is 1.43 bits per heavy atom. The summed E-state index contributed by atoms with van der Waals surface area (Å²) in [7, 11) is -3.39. The highest BCUT2D eigenvalue weighted by Crippen LogP contribution is 2.26. The molecule has 4 nitrogen and oxygen atoms in total. The van der Waals surface area contributed by atoms with E-state index in [1.54, 1.807) is 28.6 Å². The SMILES string of the molecule is CCC1CN(S(=O)(=O)c2ccc(CC(N)=S)cc2)CCS1. The molecule has 1 aliphatic heterocycles. The van der Waals surface area contributed by atoms with Crippen LogP contribution in [-0.4, -0.2) is 41.8 Å². The summed E-state index contributed by atoms with van der Waals surface area (Å²) in [5, 5.41) is 0.391. The molecule has 1 aromatic rings. The van der Waals surface area contributed by atoms with E-state index in [0.29, 0.717) is 34.6 Å². The van der Waals surface area contributed by atoms with Crippen molar-refractivity contribution in [3.63, 3.8) is 0 Å². The van der Waals surface area contributed by atoms with Crippen LogP contribution < -0.4 is 5.73 Å². The van der Waals surface area contributed by atoms with Crippen molar-refractivity contribution in [2.45, 2.75) is 29.9 Å². The van der Waals surface area contributed by atoms with Crippen molar-refractivity contribution in [2.75, 3.05) is 18.8 Å². The fourth-order valence-electron chi connectivity index (χ4n) is 2.29. The van der Waals surface area contributed by atoms with Gasteiger partial charge in [-0.2, -0.15) is 16.1 Å². The Hall–Kier alpha value is -0.630. The summed E-state index contributed by atoms with van der Waals surface area (Å²) in [5.74, 6) is 0.858. The molecule has 1 heterocycles. The van der Waals surface area contributed by atoms with Gasteiger partial charge in [0.1, 0.15) is 0 Å². The molecule has 116 valence electrons. The molecule has 0 aromatic heterocycles. The van der Waals surface area contributed by atoms with Crippen LogP contribution in [0.15, 0.2) is 29.2 Å². The molecule has 1 aromatic carbocycles. The lowest BCUT2D eigenvalue weighted by atomic mass is 10.1. The first-order valence-corrected chi connectivity index (χ1v) is 9.82. The van der Waals surface area contributed by atoms with Gasteiger partial charge in [-0.05, 0) is 24.1 Å². The molecule has 1 fully saturated rings. The van der Waals surface area contributed by atoms with E-state index in [0.717, 1.165) is 17.7 Å². The van der Waals surface area contributed by atoms with E-state index in [2.05, 4.69) is 6.92 Å². The molecular formula is C14H20N2O2S3. The van der Waals surface area contributed by atoms with Gasteiger partial charge in [0.05, 0.1) is 9.88 Å². The average molecular weight is 345 g/mol. The molecule has 0 saturated carbocycles. The maximum Gasteiger partial charge on any atom is 0.243 e. The highest BCUT2D eigenvalue weighted by molar-refractivity contribution is 8.00. The number of nitrogens with two attached hydrogens (primary N) is 1. The smallest absolute Gasteiger partial charge is 0.243 e. The lowest BCUT2D eigenvalue weighted by molar-refractivity contribution is 0.416. The lowest BCUT2D eigenvalue weighted by Gasteiger charge is -2.31. The molecule has 0 bridgehead atoms. The zero-order valence-corrected chi connectivity index (χ0v) is 14.4. The van der Waals surface area contributed by atoms with Gasteiger partial charge in [0.25, 0.3) is 0 Å². The molecule has 1 aliphatic rings. The van der Waals surface area contributed by atoms with Crippen LogP contribution in [0.4, 0.5) is 0 Å². The molecular weight excluding hydrogens is 324 g/mol. The minimum atomic E-state index is -3.39. The molecule has 0 spiro atoms. The van der Waals surface area contributed by atoms with Crippen molar-refractivity contribution in [3.8, 4) is 0 Å². The van der Waals surface area contributed by atoms with E-state index in [1.807, 2.05) is 11.8 Å². The Balaban J connectivity index is 2.17. The standard InChI is InChI=1S/C14H20N2O2S3/c1-2-12-10-16(7-8-20-12)21(17,18)13-5-3-11(4-6-13)9-14(15)19/h3-6,12H,2,7-10H2,1H3,(H2,15,19). The Morgan fingerprint density at radius 2 is 2.10 bits per heavy atom. The van der Waals surface area contributed by atoms with Gasteiger partial charge in [0.2, 0.25) is 10.0 Å². The van der Waals surface area contributed by atoms with Gasteiger partial charge in [0.15, 0.2) is 0 Å². The first-order valence-electron chi connectivity index (χ1n) is 6.92. The van der Waals surface area contributed by atoms with Crippen LogP contribution in [0.1, 0.15) is 18.9 Å². The third-order valence-electron chi connectivity index (χ3n) is 3.50. The van der Waals surface area contributed by atoms with Crippen molar-refractivity contribution in [1.82, 2.24) is 4.31 Å². The summed E-state index contributed by atoms with van der Waals surface area (Å²) < 4.78 is 26.9. The van der Waals surface area contributed by atoms with Crippen molar-refractivity contribution in [1.29, 1.82) is 0 Å². The lowest BCUT2D eigenvalue weighted by Crippen LogP contribution is -2.41. The van der Waals surface area contributed by atoms with E-state index in [9.17, 15) is 8.42 Å². The fraction of sp³-hybridized carbons (Fsp3) is 0.500. The number of rotatable bonds is 5. The maximum atomic E-state index is 12.6. The molecule has 0 amide bonds. The topological polar surface area (TPSA) is 63.4 Å². The van der Waals surface area contributed by atoms with E-state index in [-0.39, 0.29) is 0 Å². The minimum Gasteiger partial charge on any atom is -0.393 e. The van der Waals surface area contributed by atoms with Crippen LogP contribution in [0.3, 0.4) is 0 Å². The van der Waals surface area contributed by atoms with Gasteiger partial charge < -0.3 is 5.73 Å². The first-order chi connectivity index (χ1) is 9.93. The molecule has 7 heteroatoms. The Labute approximate surface area is 136 Å². The van der Waals surface area contributed by atoms with E-state index < -0.39 is 10.0 Å². The summed E-state index contributed by atoms with van der Waals surface area (Å²) in [5.41, 5.74) is 6.43. The number of benzene rings is 1. The normalized spacial score (nSPS) is 20.3. The molecule has 21 heavy (non-hydrogen) atoms. The Kier molecular flexibility index (Phi) is 5.65. The van der Waals surface area contributed by atoms with Crippen LogP contribution in [0.2, 0.25) is 0 Å². The number of sulfonamides is 1. The summed E-state index contributed by atoms with van der Waals surface area (Å²) >= 11 is 6.71. The zero-order valence-electron chi connectivity index (χ0n) is 12.0. The highest BCUT2D eigenvalue weighted by atomic mass is 32.2. The summed E-state index contributed by atoms with van der Waals surface area (Å²) in [6.45, 7) is 3.27. The Morgan fingerprint density at radius 3 is 2.67 bits per heavy atom. The average Bonchev–Trinajstić information content (AvgIpc) is 2.47. The molecule has 1 unspecified atom stereocenters. The second-order valence-corrected chi connectivity index (χ2v) is 8.92. The van der Waals surface area contributed by atoms with E-state index >= 15 is 0 Å². The number of thioether (sulfide) groups is 1. The first kappa shape index (κ1) is 16.7. The van der Waals surface area contributed by atoms with Crippen molar-refractivity contribution in [3.05, 3.63) is 29.8 Å². The predicted octanol–water partition coefficient (Wildman–Crippen LogP) is 2.03. The van der Waals surface area contributed by atoms with Gasteiger partial charge in [-0.15, -0.1) is 0 Å². The van der Waals surface area contributed by atoms with E-state index in [4.69, 9.17) is 18.0 Å². The minimum absolute atomic E-state index is 0.343. The van der Waals surface area contributed by atoms with E-state index in [1.165, 1.54) is 0 Å². The number of hydrogen-bond donors (Lipinski definition) is 1. The molecule has 2 N–H and O–H groups in total. The molecule has 0 aliphatic carbocycles. The van der Waals surface area contributed by atoms with Gasteiger partial charge in [-0.1, -0.05) is 31.3 Å². The van der Waals surface area contributed by atoms with Crippen LogP contribution in [0.5, 0.6) is 0 Å². The van der Waals surface area contributed by atoms with Crippen LogP contribution in [0.25, 0.3) is 0 Å². The second-order valence-electron chi connectivity index (χ2n) is 5.05. The third kappa shape index (κ3) is 4.18. The largest absolute Gasteiger partial charge is 0.393 e. The van der Waals surface area contributed by atoms with Crippen LogP contribution in [-0.2, 0) is 16.4 Å². The third-order valence-corrected chi connectivity index (χ3v) is 6.89. The van der Waals surface area contributed by atoms with Crippen molar-refractivity contribution in [2.24, 2.45) is 5.73 Å². The molecule has 0 radical (unpaired) electrons. The monoisotopic (exact) mass is 344 g/mol. The van der Waals surface area contributed by atoms with Crippen molar-refractivity contribution >= 4 is 39.0 Å². The van der Waals surface area contributed by atoms with Crippen LogP contribution in [0, 0.1) is 0 Å². The van der Waals surface area contributed by atoms with Gasteiger partial charge >= 0.3 is 0 Å². The second kappa shape index (κ2) is 7.09. The van der Waals surface area contributed by atoms with Crippen molar-refractivity contribution < 1.29 is 8.42 Å². The van der Waals surface area contributed by atoms with Crippen LogP contribution >= 0.6 is 24.0 Å². The van der Waals surface area contributed by atoms with Gasteiger partial charge in [-0.3, -0.25) is 0 Å². The van der Waals surface area contributed by atoms with Gasteiger partial charge in [-0.25, -0.2) is 8.42 Å². The fourth-order valence-corrected chi connectivity index (χ4v) is 5.33. The highest BCUT2D eigenvalue weighted by Gasteiger charge is 2.29. The number of thiocarbonyl (C=S) groups is 1. The predicted molar refractivity (Wildman–Crippen MR) is 92.2 cm³/mol.